The molecule has 0 atom stereocenters. The Balaban J connectivity index is 1.75. The molecule has 0 amide bonds. The fourth-order valence-electron chi connectivity index (χ4n) is 3.53. The van der Waals surface area contributed by atoms with Crippen LogP contribution in [0, 0.1) is 11.3 Å². The fourth-order valence-corrected chi connectivity index (χ4v) is 3.53. The number of allylic oxidation sites excluding steroid dienone is 1. The molecule has 2 aliphatic rings. The summed E-state index contributed by atoms with van der Waals surface area (Å²) in [6.45, 7) is 1.39. The summed E-state index contributed by atoms with van der Waals surface area (Å²) in [5, 5.41) is 10.3. The molecule has 1 aromatic carbocycles. The van der Waals surface area contributed by atoms with Crippen molar-refractivity contribution >= 4 is 16.5 Å². The summed E-state index contributed by atoms with van der Waals surface area (Å²) < 4.78 is 13.7. The van der Waals surface area contributed by atoms with Crippen LogP contribution in [0.2, 0.25) is 0 Å². The highest BCUT2D eigenvalue weighted by Crippen LogP contribution is 2.40. The summed E-state index contributed by atoms with van der Waals surface area (Å²) in [6, 6.07) is 8.10. The summed E-state index contributed by atoms with van der Waals surface area (Å²) in [5.74, 6) is -0.383. The van der Waals surface area contributed by atoms with Gasteiger partial charge in [-0.15, -0.1) is 0 Å². The average Bonchev–Trinajstić information content (AvgIpc) is 3.13. The molecule has 4 heteroatoms. The van der Waals surface area contributed by atoms with E-state index in [1.807, 2.05) is 25.2 Å². The van der Waals surface area contributed by atoms with Crippen LogP contribution in [0.15, 0.2) is 30.5 Å². The molecule has 1 saturated heterocycles. The topological polar surface area (TPSA) is 47.2 Å². The Morgan fingerprint density at radius 3 is 2.77 bits per heavy atom. The van der Waals surface area contributed by atoms with Gasteiger partial charge in [0.1, 0.15) is 0 Å². The quantitative estimate of drug-likeness (QED) is 0.810. The van der Waals surface area contributed by atoms with Gasteiger partial charge in [0.2, 0.25) is 0 Å². The van der Waals surface area contributed by atoms with Crippen molar-refractivity contribution in [1.29, 1.82) is 5.26 Å². The third-order valence-electron chi connectivity index (χ3n) is 4.71. The van der Waals surface area contributed by atoms with Crippen molar-refractivity contribution in [3.8, 4) is 6.07 Å². The number of fused-ring (bicyclic) bond motifs is 1. The number of ether oxygens (including phenoxy) is 2. The number of aromatic nitrogens is 1. The first-order valence-electron chi connectivity index (χ1n) is 7.67. The molecule has 0 radical (unpaired) electrons. The van der Waals surface area contributed by atoms with Gasteiger partial charge in [0.15, 0.2) is 5.79 Å². The summed E-state index contributed by atoms with van der Waals surface area (Å²) in [7, 11) is 2.05. The van der Waals surface area contributed by atoms with Crippen LogP contribution in [0.3, 0.4) is 0 Å². The molecule has 0 unspecified atom stereocenters. The maximum absolute atomic E-state index is 9.14. The summed E-state index contributed by atoms with van der Waals surface area (Å²) in [4.78, 5) is 0. The van der Waals surface area contributed by atoms with Crippen LogP contribution in [0.1, 0.15) is 30.4 Å². The van der Waals surface area contributed by atoms with Crippen LogP contribution in [-0.2, 0) is 16.5 Å². The molecular formula is C18H18N2O2. The van der Waals surface area contributed by atoms with Gasteiger partial charge in [-0.05, 0) is 30.2 Å². The minimum Gasteiger partial charge on any atom is -0.350 e. The first-order chi connectivity index (χ1) is 10.7. The van der Waals surface area contributed by atoms with Crippen molar-refractivity contribution < 1.29 is 9.47 Å². The lowest BCUT2D eigenvalue weighted by Gasteiger charge is -2.30. The number of hydrogen-bond acceptors (Lipinski definition) is 3. The highest BCUT2D eigenvalue weighted by molar-refractivity contribution is 5.94. The lowest BCUT2D eigenvalue weighted by molar-refractivity contribution is -0.159. The van der Waals surface area contributed by atoms with E-state index >= 15 is 0 Å². The molecule has 4 rings (SSSR count). The molecule has 1 aliphatic carbocycles. The molecule has 1 aliphatic heterocycles. The molecular weight excluding hydrogens is 276 g/mol. The van der Waals surface area contributed by atoms with E-state index in [9.17, 15) is 0 Å². The minimum atomic E-state index is -0.383. The van der Waals surface area contributed by atoms with Crippen LogP contribution in [0.25, 0.3) is 16.5 Å². The third-order valence-corrected chi connectivity index (χ3v) is 4.71. The van der Waals surface area contributed by atoms with E-state index in [4.69, 9.17) is 14.7 Å². The van der Waals surface area contributed by atoms with Crippen LogP contribution < -0.4 is 0 Å². The van der Waals surface area contributed by atoms with E-state index in [2.05, 4.69) is 22.9 Å². The highest BCUT2D eigenvalue weighted by Gasteiger charge is 2.37. The Morgan fingerprint density at radius 1 is 1.27 bits per heavy atom. The Hall–Kier alpha value is -2.09. The number of hydrogen-bond donors (Lipinski definition) is 0. The summed E-state index contributed by atoms with van der Waals surface area (Å²) in [6.07, 6.45) is 7.04. The Morgan fingerprint density at radius 2 is 2.09 bits per heavy atom. The maximum atomic E-state index is 9.14. The molecule has 4 nitrogen and oxygen atoms in total. The zero-order chi connectivity index (χ0) is 15.2. The zero-order valence-electron chi connectivity index (χ0n) is 12.6. The molecule has 0 bridgehead atoms. The van der Waals surface area contributed by atoms with Gasteiger partial charge in [0.25, 0.3) is 0 Å². The fraction of sp³-hybridized carbons (Fsp3) is 0.389. The molecule has 1 spiro atoms. The predicted molar refractivity (Wildman–Crippen MR) is 84.1 cm³/mol. The smallest absolute Gasteiger partial charge is 0.172 e. The zero-order valence-corrected chi connectivity index (χ0v) is 12.6. The number of aryl methyl sites for hydroxylation is 1. The van der Waals surface area contributed by atoms with Crippen molar-refractivity contribution in [3.63, 3.8) is 0 Å². The van der Waals surface area contributed by atoms with Gasteiger partial charge in [0, 0.05) is 42.6 Å². The maximum Gasteiger partial charge on any atom is 0.172 e. The lowest BCUT2D eigenvalue weighted by Crippen LogP contribution is -2.31. The van der Waals surface area contributed by atoms with Gasteiger partial charge in [0.05, 0.1) is 24.8 Å². The van der Waals surface area contributed by atoms with Crippen LogP contribution in [0.4, 0.5) is 0 Å². The van der Waals surface area contributed by atoms with Crippen LogP contribution >= 0.6 is 0 Å². The standard InChI is InChI=1S/C18H18N2O2/c1-20-12-16(15-10-13(11-19)2-3-17(15)20)14-4-6-18(7-5-14)21-8-9-22-18/h2-4,10,12H,5-9H2,1H3. The SMILES string of the molecule is Cn1cc(C2=CCC3(CC2)OCCO3)c2cc(C#N)ccc21. The molecule has 0 saturated carbocycles. The van der Waals surface area contributed by atoms with Gasteiger partial charge in [-0.25, -0.2) is 0 Å². The van der Waals surface area contributed by atoms with Gasteiger partial charge in [-0.1, -0.05) is 6.08 Å². The summed E-state index contributed by atoms with van der Waals surface area (Å²) >= 11 is 0. The van der Waals surface area contributed by atoms with Gasteiger partial charge < -0.3 is 14.0 Å². The molecule has 1 aromatic heterocycles. The highest BCUT2D eigenvalue weighted by atomic mass is 16.7. The van der Waals surface area contributed by atoms with Crippen LogP contribution in [0.5, 0.6) is 0 Å². The Labute approximate surface area is 129 Å². The van der Waals surface area contributed by atoms with Gasteiger partial charge in [-0.3, -0.25) is 0 Å². The van der Waals surface area contributed by atoms with Crippen molar-refractivity contribution in [2.45, 2.75) is 25.0 Å². The molecule has 2 heterocycles. The van der Waals surface area contributed by atoms with Gasteiger partial charge in [-0.2, -0.15) is 5.26 Å². The predicted octanol–water partition coefficient (Wildman–Crippen LogP) is 3.36. The van der Waals surface area contributed by atoms with Crippen molar-refractivity contribution in [2.75, 3.05) is 13.2 Å². The van der Waals surface area contributed by atoms with E-state index in [1.165, 1.54) is 11.1 Å². The van der Waals surface area contributed by atoms with E-state index in [0.29, 0.717) is 18.8 Å². The number of rotatable bonds is 1. The second-order valence-electron chi connectivity index (χ2n) is 6.04. The lowest BCUT2D eigenvalue weighted by atomic mass is 9.89. The largest absolute Gasteiger partial charge is 0.350 e. The Kier molecular flexibility index (Phi) is 3.07. The molecule has 22 heavy (non-hydrogen) atoms. The van der Waals surface area contributed by atoms with E-state index < -0.39 is 0 Å². The molecule has 1 fully saturated rings. The molecule has 0 N–H and O–H groups in total. The van der Waals surface area contributed by atoms with Crippen LogP contribution in [-0.4, -0.2) is 23.6 Å². The Bertz CT molecular complexity index is 804. The van der Waals surface area contributed by atoms with Crippen molar-refractivity contribution in [3.05, 3.63) is 41.6 Å². The first-order valence-corrected chi connectivity index (χ1v) is 7.67. The third kappa shape index (κ3) is 2.06. The minimum absolute atomic E-state index is 0.383. The monoisotopic (exact) mass is 294 g/mol. The molecule has 2 aromatic rings. The van der Waals surface area contributed by atoms with E-state index in [0.717, 1.165) is 30.2 Å². The van der Waals surface area contributed by atoms with E-state index in [-0.39, 0.29) is 5.79 Å². The molecule has 112 valence electrons. The number of nitrogens with zero attached hydrogens (tertiary/aromatic N) is 2. The second kappa shape index (κ2) is 4.98. The van der Waals surface area contributed by atoms with E-state index in [1.54, 1.807) is 0 Å². The number of benzene rings is 1. The normalized spacial score (nSPS) is 20.3. The van der Waals surface area contributed by atoms with Crippen molar-refractivity contribution in [1.82, 2.24) is 4.57 Å². The first kappa shape index (κ1) is 13.6. The van der Waals surface area contributed by atoms with Gasteiger partial charge >= 0.3 is 0 Å². The van der Waals surface area contributed by atoms with Crippen molar-refractivity contribution in [2.24, 2.45) is 7.05 Å². The summed E-state index contributed by atoms with van der Waals surface area (Å²) in [5.41, 5.74) is 4.41. The number of nitriles is 1. The average molecular weight is 294 g/mol. The second-order valence-corrected chi connectivity index (χ2v) is 6.04.